The van der Waals surface area contributed by atoms with Crippen LogP contribution in [0.2, 0.25) is 0 Å². The molecular weight excluding hydrogens is 352 g/mol. The van der Waals surface area contributed by atoms with E-state index in [-0.39, 0.29) is 24.6 Å². The number of aliphatic hydroxyl groups excluding tert-OH is 2. The summed E-state index contributed by atoms with van der Waals surface area (Å²) in [5, 5.41) is 20.7. The molecular formula is C21H37ClO2S. The van der Waals surface area contributed by atoms with Gasteiger partial charge in [-0.25, -0.2) is 0 Å². The van der Waals surface area contributed by atoms with E-state index in [2.05, 4.69) is 18.8 Å². The molecule has 0 bridgehead atoms. The van der Waals surface area contributed by atoms with Crippen LogP contribution in [-0.4, -0.2) is 39.3 Å². The molecule has 2 nitrogen and oxygen atoms in total. The molecule has 0 aromatic heterocycles. The standard InChI is InChI=1S/C20H33ClO2S.CH4/c1-2-24-13-7-6-10-16-17(20(23)14-18(16)21)11-12-19(22)15-8-4-3-5-9-15;/h15-20,22-23H,2-10,13-14H2,1H3;1H4/t16-,17-,18-,19-,20-;/m1./s1. The van der Waals surface area contributed by atoms with Crippen molar-refractivity contribution >= 4 is 23.4 Å². The van der Waals surface area contributed by atoms with E-state index in [9.17, 15) is 10.2 Å². The molecule has 0 heterocycles. The van der Waals surface area contributed by atoms with Crippen LogP contribution in [0.3, 0.4) is 0 Å². The SMILES string of the molecule is C.CCSCCCC[C@@H]1[C@@H](C#C[C@@H](O)C2CCCCC2)[C@H](O)C[C@H]1Cl. The van der Waals surface area contributed by atoms with E-state index in [0.29, 0.717) is 12.3 Å². The molecule has 2 aliphatic rings. The fraction of sp³-hybridized carbons (Fsp3) is 0.905. The van der Waals surface area contributed by atoms with Crippen LogP contribution in [0.15, 0.2) is 0 Å². The molecule has 0 spiro atoms. The van der Waals surface area contributed by atoms with Crippen molar-refractivity contribution in [2.45, 2.75) is 89.7 Å². The third-order valence-corrected chi connectivity index (χ3v) is 7.07. The first-order valence-electron chi connectivity index (χ1n) is 9.72. The topological polar surface area (TPSA) is 40.5 Å². The number of thioether (sulfide) groups is 1. The summed E-state index contributed by atoms with van der Waals surface area (Å²) < 4.78 is 0. The van der Waals surface area contributed by atoms with Crippen molar-refractivity contribution in [3.8, 4) is 11.8 Å². The summed E-state index contributed by atoms with van der Waals surface area (Å²) in [6.45, 7) is 2.19. The third-order valence-electron chi connectivity index (χ3n) is 5.58. The van der Waals surface area contributed by atoms with Crippen molar-refractivity contribution in [2.75, 3.05) is 11.5 Å². The van der Waals surface area contributed by atoms with Gasteiger partial charge in [-0.1, -0.05) is 51.9 Å². The smallest absolute Gasteiger partial charge is 0.117 e. The lowest BCUT2D eigenvalue weighted by Gasteiger charge is -2.24. The zero-order valence-corrected chi connectivity index (χ0v) is 16.5. The largest absolute Gasteiger partial charge is 0.392 e. The van der Waals surface area contributed by atoms with Crippen LogP contribution in [0.25, 0.3) is 0 Å². The van der Waals surface area contributed by atoms with Crippen molar-refractivity contribution in [2.24, 2.45) is 17.8 Å². The van der Waals surface area contributed by atoms with Gasteiger partial charge in [0.15, 0.2) is 0 Å². The van der Waals surface area contributed by atoms with Crippen LogP contribution in [0.4, 0.5) is 0 Å². The molecule has 4 heteroatoms. The van der Waals surface area contributed by atoms with E-state index in [1.807, 2.05) is 11.8 Å². The van der Waals surface area contributed by atoms with Gasteiger partial charge in [-0.15, -0.1) is 11.6 Å². The van der Waals surface area contributed by atoms with Crippen LogP contribution < -0.4 is 0 Å². The Morgan fingerprint density at radius 3 is 2.60 bits per heavy atom. The van der Waals surface area contributed by atoms with E-state index >= 15 is 0 Å². The molecule has 0 saturated heterocycles. The second-order valence-electron chi connectivity index (χ2n) is 7.33. The number of unbranched alkanes of at least 4 members (excludes halogenated alkanes) is 1. The number of rotatable bonds is 7. The molecule has 0 aliphatic heterocycles. The maximum Gasteiger partial charge on any atom is 0.117 e. The summed E-state index contributed by atoms with van der Waals surface area (Å²) >= 11 is 8.46. The monoisotopic (exact) mass is 388 g/mol. The predicted octanol–water partition coefficient (Wildman–Crippen LogP) is 5.09. The number of hydrogen-bond acceptors (Lipinski definition) is 3. The van der Waals surface area contributed by atoms with E-state index < -0.39 is 12.2 Å². The van der Waals surface area contributed by atoms with Crippen molar-refractivity contribution in [3.63, 3.8) is 0 Å². The highest BCUT2D eigenvalue weighted by Crippen LogP contribution is 2.39. The minimum absolute atomic E-state index is 0. The van der Waals surface area contributed by atoms with E-state index in [1.54, 1.807) is 0 Å². The minimum Gasteiger partial charge on any atom is -0.392 e. The van der Waals surface area contributed by atoms with Crippen molar-refractivity contribution in [1.29, 1.82) is 0 Å². The highest BCUT2D eigenvalue weighted by atomic mass is 35.5. The van der Waals surface area contributed by atoms with Gasteiger partial charge in [0.1, 0.15) is 6.10 Å². The summed E-state index contributed by atoms with van der Waals surface area (Å²) in [5.41, 5.74) is 0. The van der Waals surface area contributed by atoms with Crippen molar-refractivity contribution in [1.82, 2.24) is 0 Å². The lowest BCUT2D eigenvalue weighted by molar-refractivity contribution is 0.130. The molecule has 146 valence electrons. The van der Waals surface area contributed by atoms with Gasteiger partial charge < -0.3 is 10.2 Å². The number of alkyl halides is 1. The second kappa shape index (κ2) is 12.5. The van der Waals surface area contributed by atoms with Gasteiger partial charge in [-0.3, -0.25) is 0 Å². The Hall–Kier alpha value is 0.120. The zero-order valence-electron chi connectivity index (χ0n) is 14.9. The van der Waals surface area contributed by atoms with Crippen molar-refractivity contribution in [3.05, 3.63) is 0 Å². The maximum atomic E-state index is 10.4. The van der Waals surface area contributed by atoms with Crippen LogP contribution in [0.5, 0.6) is 0 Å². The molecule has 2 fully saturated rings. The first kappa shape index (κ1) is 23.2. The van der Waals surface area contributed by atoms with E-state index in [4.69, 9.17) is 11.6 Å². The first-order valence-corrected chi connectivity index (χ1v) is 11.3. The van der Waals surface area contributed by atoms with E-state index in [1.165, 1.54) is 37.2 Å². The van der Waals surface area contributed by atoms with Gasteiger partial charge in [-0.2, -0.15) is 11.8 Å². The summed E-state index contributed by atoms with van der Waals surface area (Å²) in [7, 11) is 0. The molecule has 2 aliphatic carbocycles. The average Bonchev–Trinajstić information content (AvgIpc) is 2.86. The minimum atomic E-state index is -0.534. The highest BCUT2D eigenvalue weighted by Gasteiger charge is 2.40. The molecule has 2 rings (SSSR count). The van der Waals surface area contributed by atoms with Crippen LogP contribution >= 0.6 is 23.4 Å². The Balaban J connectivity index is 0.00000312. The summed E-state index contributed by atoms with van der Waals surface area (Å²) in [4.78, 5) is 0. The van der Waals surface area contributed by atoms with Gasteiger partial charge in [-0.05, 0) is 55.4 Å². The molecule has 5 atom stereocenters. The number of aliphatic hydroxyl groups is 2. The molecule has 0 amide bonds. The number of halogens is 1. The molecule has 0 aromatic rings. The zero-order chi connectivity index (χ0) is 17.4. The number of hydrogen-bond donors (Lipinski definition) is 2. The highest BCUT2D eigenvalue weighted by molar-refractivity contribution is 7.99. The van der Waals surface area contributed by atoms with Crippen LogP contribution in [0, 0.1) is 29.6 Å². The third kappa shape index (κ3) is 7.33. The Labute approximate surface area is 164 Å². The maximum absolute atomic E-state index is 10.4. The normalized spacial score (nSPS) is 31.0. The lowest BCUT2D eigenvalue weighted by Crippen LogP contribution is -2.23. The van der Waals surface area contributed by atoms with Crippen LogP contribution in [-0.2, 0) is 0 Å². The predicted molar refractivity (Wildman–Crippen MR) is 111 cm³/mol. The van der Waals surface area contributed by atoms with Crippen LogP contribution in [0.1, 0.15) is 72.1 Å². The fourth-order valence-corrected chi connectivity index (χ4v) is 5.27. The van der Waals surface area contributed by atoms with E-state index in [0.717, 1.165) is 25.7 Å². The van der Waals surface area contributed by atoms with Gasteiger partial charge >= 0.3 is 0 Å². The molecule has 25 heavy (non-hydrogen) atoms. The lowest BCUT2D eigenvalue weighted by atomic mass is 9.84. The van der Waals surface area contributed by atoms with Gasteiger partial charge in [0.25, 0.3) is 0 Å². The van der Waals surface area contributed by atoms with Gasteiger partial charge in [0, 0.05) is 5.38 Å². The Morgan fingerprint density at radius 2 is 1.92 bits per heavy atom. The summed E-state index contributed by atoms with van der Waals surface area (Å²) in [6.07, 6.45) is 8.92. The fourth-order valence-electron chi connectivity index (χ4n) is 4.10. The molecule has 2 N–H and O–H groups in total. The first-order chi connectivity index (χ1) is 11.6. The molecule has 0 radical (unpaired) electrons. The van der Waals surface area contributed by atoms with Crippen molar-refractivity contribution < 1.29 is 10.2 Å². The molecule has 0 aromatic carbocycles. The second-order valence-corrected chi connectivity index (χ2v) is 9.29. The average molecular weight is 389 g/mol. The Morgan fingerprint density at radius 1 is 1.20 bits per heavy atom. The molecule has 2 saturated carbocycles. The van der Waals surface area contributed by atoms with Gasteiger partial charge in [0.05, 0.1) is 12.0 Å². The summed E-state index contributed by atoms with van der Waals surface area (Å²) in [5.74, 6) is 9.19. The quantitative estimate of drug-likeness (QED) is 0.362. The Kier molecular flexibility index (Phi) is 11.6. The summed E-state index contributed by atoms with van der Waals surface area (Å²) in [6, 6.07) is 0. The van der Waals surface area contributed by atoms with Gasteiger partial charge in [0.2, 0.25) is 0 Å². The Bertz CT molecular complexity index is 414. The molecule has 0 unspecified atom stereocenters.